The summed E-state index contributed by atoms with van der Waals surface area (Å²) in [5, 5.41) is 2.67. The minimum Gasteiger partial charge on any atom is -0.325 e. The fourth-order valence-corrected chi connectivity index (χ4v) is 1.81. The van der Waals surface area contributed by atoms with Crippen LogP contribution in [0.1, 0.15) is 16.1 Å². The first kappa shape index (κ1) is 12.6. The predicted molar refractivity (Wildman–Crippen MR) is 73.9 cm³/mol. The van der Waals surface area contributed by atoms with Gasteiger partial charge < -0.3 is 10.3 Å². The number of benzene rings is 1. The Morgan fingerprint density at radius 3 is 2.61 bits per heavy atom. The summed E-state index contributed by atoms with van der Waals surface area (Å²) >= 11 is 3.28. The molecule has 0 spiro atoms. The number of halogens is 1. The molecule has 0 aliphatic heterocycles. The standard InChI is InChI=1S/C13H11BrN2O2/c1-8-11(14)7-10(12(17)15-8)13(18)16-9-5-3-2-4-6-9/h2-7H,1H3,(H,15,17)(H,16,18). The Morgan fingerprint density at radius 1 is 1.28 bits per heavy atom. The smallest absolute Gasteiger partial charge is 0.261 e. The molecule has 2 N–H and O–H groups in total. The van der Waals surface area contributed by atoms with E-state index in [1.807, 2.05) is 18.2 Å². The lowest BCUT2D eigenvalue weighted by Crippen LogP contribution is -2.23. The maximum atomic E-state index is 11.9. The van der Waals surface area contributed by atoms with Crippen LogP contribution in [0, 0.1) is 6.92 Å². The van der Waals surface area contributed by atoms with Gasteiger partial charge in [-0.25, -0.2) is 0 Å². The first-order chi connectivity index (χ1) is 8.58. The highest BCUT2D eigenvalue weighted by molar-refractivity contribution is 9.10. The van der Waals surface area contributed by atoms with Crippen LogP contribution in [0.15, 0.2) is 45.7 Å². The van der Waals surface area contributed by atoms with E-state index in [9.17, 15) is 9.59 Å². The molecule has 1 aromatic carbocycles. The van der Waals surface area contributed by atoms with E-state index >= 15 is 0 Å². The Hall–Kier alpha value is -1.88. The second-order valence-corrected chi connectivity index (χ2v) is 4.66. The lowest BCUT2D eigenvalue weighted by atomic mass is 10.2. The number of pyridine rings is 1. The molecule has 2 aromatic rings. The molecule has 5 heteroatoms. The zero-order valence-electron chi connectivity index (χ0n) is 9.66. The molecule has 1 aromatic heterocycles. The number of carbonyl (C=O) groups excluding carboxylic acids is 1. The summed E-state index contributed by atoms with van der Waals surface area (Å²) in [5.74, 6) is -0.428. The molecule has 0 bridgehead atoms. The number of H-pyrrole nitrogens is 1. The lowest BCUT2D eigenvalue weighted by molar-refractivity contribution is 0.102. The Morgan fingerprint density at radius 2 is 1.94 bits per heavy atom. The second kappa shape index (κ2) is 5.18. The summed E-state index contributed by atoms with van der Waals surface area (Å²) < 4.78 is 0.695. The number of aromatic amines is 1. The number of nitrogens with one attached hydrogen (secondary N) is 2. The van der Waals surface area contributed by atoms with Crippen molar-refractivity contribution >= 4 is 27.5 Å². The monoisotopic (exact) mass is 306 g/mol. The molecule has 0 aliphatic carbocycles. The predicted octanol–water partition coefficient (Wildman–Crippen LogP) is 2.70. The summed E-state index contributed by atoms with van der Waals surface area (Å²) in [4.78, 5) is 26.2. The number of amides is 1. The molecule has 4 nitrogen and oxygen atoms in total. The quantitative estimate of drug-likeness (QED) is 0.896. The first-order valence-electron chi connectivity index (χ1n) is 5.34. The topological polar surface area (TPSA) is 62.0 Å². The van der Waals surface area contributed by atoms with Gasteiger partial charge in [0, 0.05) is 15.9 Å². The molecule has 0 unspecified atom stereocenters. The van der Waals surface area contributed by atoms with Crippen LogP contribution in [0.5, 0.6) is 0 Å². The molecule has 1 amide bonds. The summed E-state index contributed by atoms with van der Waals surface area (Å²) in [6, 6.07) is 10.5. The molecule has 0 radical (unpaired) electrons. The number of carbonyl (C=O) groups is 1. The maximum Gasteiger partial charge on any atom is 0.261 e. The van der Waals surface area contributed by atoms with Crippen LogP contribution in [0.3, 0.4) is 0 Å². The summed E-state index contributed by atoms with van der Waals surface area (Å²) in [6.07, 6.45) is 0. The first-order valence-corrected chi connectivity index (χ1v) is 6.13. The number of para-hydroxylation sites is 1. The average Bonchev–Trinajstić information content (AvgIpc) is 2.35. The molecule has 2 rings (SSSR count). The molecule has 18 heavy (non-hydrogen) atoms. The number of hydrogen-bond donors (Lipinski definition) is 2. The molecule has 0 atom stereocenters. The van der Waals surface area contributed by atoms with Gasteiger partial charge in [0.1, 0.15) is 5.56 Å². The normalized spacial score (nSPS) is 10.1. The highest BCUT2D eigenvalue weighted by Crippen LogP contribution is 2.14. The van der Waals surface area contributed by atoms with Gasteiger partial charge in [-0.3, -0.25) is 9.59 Å². The van der Waals surface area contributed by atoms with Gasteiger partial charge in [0.2, 0.25) is 0 Å². The van der Waals surface area contributed by atoms with Crippen LogP contribution >= 0.6 is 15.9 Å². The van der Waals surface area contributed by atoms with Gasteiger partial charge in [0.15, 0.2) is 0 Å². The third-order valence-corrected chi connectivity index (χ3v) is 3.27. The van der Waals surface area contributed by atoms with E-state index < -0.39 is 11.5 Å². The van der Waals surface area contributed by atoms with E-state index in [1.165, 1.54) is 6.07 Å². The average molecular weight is 307 g/mol. The van der Waals surface area contributed by atoms with E-state index in [2.05, 4.69) is 26.2 Å². The van der Waals surface area contributed by atoms with Crippen molar-refractivity contribution < 1.29 is 4.79 Å². The molecule has 1 heterocycles. The molecule has 0 saturated heterocycles. The molecular formula is C13H11BrN2O2. The van der Waals surface area contributed by atoms with Crippen molar-refractivity contribution in [3.63, 3.8) is 0 Å². The van der Waals surface area contributed by atoms with Gasteiger partial charge in [-0.1, -0.05) is 18.2 Å². The van der Waals surface area contributed by atoms with E-state index in [1.54, 1.807) is 19.1 Å². The van der Waals surface area contributed by atoms with Crippen LogP contribution in [0.25, 0.3) is 0 Å². The third-order valence-electron chi connectivity index (χ3n) is 2.45. The molecule has 0 aliphatic rings. The summed E-state index contributed by atoms with van der Waals surface area (Å²) in [7, 11) is 0. The van der Waals surface area contributed by atoms with Crippen molar-refractivity contribution in [3.8, 4) is 0 Å². The second-order valence-electron chi connectivity index (χ2n) is 3.81. The Kier molecular flexibility index (Phi) is 3.62. The third kappa shape index (κ3) is 2.68. The Labute approximate surface area is 112 Å². The molecule has 0 fully saturated rings. The van der Waals surface area contributed by atoms with Crippen molar-refractivity contribution in [1.29, 1.82) is 0 Å². The summed E-state index contributed by atoms with van der Waals surface area (Å²) in [5.41, 5.74) is 1.02. The number of rotatable bonds is 2. The number of hydrogen-bond acceptors (Lipinski definition) is 2. The Balaban J connectivity index is 2.30. The fraction of sp³-hybridized carbons (Fsp3) is 0.0769. The van der Waals surface area contributed by atoms with Crippen LogP contribution < -0.4 is 10.9 Å². The zero-order valence-corrected chi connectivity index (χ0v) is 11.2. The number of aryl methyl sites for hydroxylation is 1. The highest BCUT2D eigenvalue weighted by Gasteiger charge is 2.12. The SMILES string of the molecule is Cc1[nH]c(=O)c(C(=O)Nc2ccccc2)cc1Br. The molecule has 92 valence electrons. The van der Waals surface area contributed by atoms with E-state index in [0.717, 1.165) is 0 Å². The molecular weight excluding hydrogens is 296 g/mol. The largest absolute Gasteiger partial charge is 0.325 e. The van der Waals surface area contributed by atoms with Crippen molar-refractivity contribution in [2.45, 2.75) is 6.92 Å². The zero-order chi connectivity index (χ0) is 13.1. The van der Waals surface area contributed by atoms with Crippen molar-refractivity contribution in [2.24, 2.45) is 0 Å². The van der Waals surface area contributed by atoms with E-state index in [0.29, 0.717) is 15.9 Å². The van der Waals surface area contributed by atoms with Gasteiger partial charge in [-0.15, -0.1) is 0 Å². The van der Waals surface area contributed by atoms with Crippen LogP contribution in [0.2, 0.25) is 0 Å². The number of aromatic nitrogens is 1. The van der Waals surface area contributed by atoms with Crippen LogP contribution in [0.4, 0.5) is 5.69 Å². The van der Waals surface area contributed by atoms with Crippen LogP contribution in [-0.2, 0) is 0 Å². The van der Waals surface area contributed by atoms with Crippen molar-refractivity contribution in [1.82, 2.24) is 4.98 Å². The minimum absolute atomic E-state index is 0.0799. The van der Waals surface area contributed by atoms with Gasteiger partial charge >= 0.3 is 0 Å². The highest BCUT2D eigenvalue weighted by atomic mass is 79.9. The van der Waals surface area contributed by atoms with E-state index in [4.69, 9.17) is 0 Å². The Bertz CT molecular complexity index is 635. The lowest BCUT2D eigenvalue weighted by Gasteiger charge is -2.05. The summed E-state index contributed by atoms with van der Waals surface area (Å²) in [6.45, 7) is 1.75. The maximum absolute atomic E-state index is 11.9. The van der Waals surface area contributed by atoms with Gasteiger partial charge in [-0.2, -0.15) is 0 Å². The fourth-order valence-electron chi connectivity index (χ4n) is 1.49. The number of anilines is 1. The molecule has 0 saturated carbocycles. The van der Waals surface area contributed by atoms with Crippen molar-refractivity contribution in [3.05, 3.63) is 62.5 Å². The minimum atomic E-state index is -0.428. The van der Waals surface area contributed by atoms with Gasteiger partial charge in [0.25, 0.3) is 11.5 Å². The van der Waals surface area contributed by atoms with Gasteiger partial charge in [0.05, 0.1) is 0 Å². The van der Waals surface area contributed by atoms with Crippen LogP contribution in [-0.4, -0.2) is 10.9 Å². The van der Waals surface area contributed by atoms with Crippen molar-refractivity contribution in [2.75, 3.05) is 5.32 Å². The van der Waals surface area contributed by atoms with Gasteiger partial charge in [-0.05, 0) is 41.1 Å². The van der Waals surface area contributed by atoms with E-state index in [-0.39, 0.29) is 5.56 Å².